The Morgan fingerprint density at radius 1 is 1.41 bits per heavy atom. The second-order valence-corrected chi connectivity index (χ2v) is 5.41. The standard InChI is InChI=1S/C13H20BrN3/c1-3-17-9-7-11(8-10-17)16(2)13-6-4-5-12(14)15-13/h4-6,11H,3,7-10H2,1-2H3. The van der Waals surface area contributed by atoms with E-state index in [1.807, 2.05) is 12.1 Å². The van der Waals surface area contributed by atoms with E-state index in [9.17, 15) is 0 Å². The average Bonchev–Trinajstić information content (AvgIpc) is 2.38. The Morgan fingerprint density at radius 3 is 2.71 bits per heavy atom. The van der Waals surface area contributed by atoms with Crippen LogP contribution in [0.5, 0.6) is 0 Å². The Hall–Kier alpha value is -0.610. The summed E-state index contributed by atoms with van der Waals surface area (Å²) in [6.45, 7) is 5.82. The highest BCUT2D eigenvalue weighted by atomic mass is 79.9. The average molecular weight is 298 g/mol. The Balaban J connectivity index is 1.99. The molecule has 1 aromatic rings. The number of pyridine rings is 1. The predicted octanol–water partition coefficient (Wildman–Crippen LogP) is 2.76. The maximum atomic E-state index is 4.52. The first-order valence-corrected chi connectivity index (χ1v) is 7.07. The molecule has 0 saturated carbocycles. The third-order valence-corrected chi connectivity index (χ3v) is 4.06. The lowest BCUT2D eigenvalue weighted by molar-refractivity contribution is 0.220. The van der Waals surface area contributed by atoms with Crippen LogP contribution in [0.3, 0.4) is 0 Å². The maximum Gasteiger partial charge on any atom is 0.129 e. The number of nitrogens with zero attached hydrogens (tertiary/aromatic N) is 3. The highest BCUT2D eigenvalue weighted by molar-refractivity contribution is 9.10. The van der Waals surface area contributed by atoms with Crippen LogP contribution in [-0.2, 0) is 0 Å². The SMILES string of the molecule is CCN1CCC(N(C)c2cccc(Br)n2)CC1. The number of likely N-dealkylation sites (tertiary alicyclic amines) is 1. The van der Waals surface area contributed by atoms with E-state index in [1.54, 1.807) is 0 Å². The number of hydrogen-bond donors (Lipinski definition) is 0. The van der Waals surface area contributed by atoms with Crippen LogP contribution in [0, 0.1) is 0 Å². The van der Waals surface area contributed by atoms with Crippen LogP contribution in [0.4, 0.5) is 5.82 Å². The van der Waals surface area contributed by atoms with E-state index in [0.717, 1.165) is 10.4 Å². The van der Waals surface area contributed by atoms with E-state index >= 15 is 0 Å². The molecular weight excluding hydrogens is 278 g/mol. The Bertz CT molecular complexity index is 361. The monoisotopic (exact) mass is 297 g/mol. The van der Waals surface area contributed by atoms with Gasteiger partial charge in [0.05, 0.1) is 0 Å². The molecule has 0 unspecified atom stereocenters. The van der Waals surface area contributed by atoms with E-state index in [2.05, 4.69) is 50.8 Å². The van der Waals surface area contributed by atoms with Crippen molar-refractivity contribution in [3.05, 3.63) is 22.8 Å². The van der Waals surface area contributed by atoms with Crippen molar-refractivity contribution < 1.29 is 0 Å². The van der Waals surface area contributed by atoms with Crippen LogP contribution < -0.4 is 4.90 Å². The van der Waals surface area contributed by atoms with E-state index in [4.69, 9.17) is 0 Å². The molecule has 1 aliphatic heterocycles. The molecule has 0 atom stereocenters. The summed E-state index contributed by atoms with van der Waals surface area (Å²) in [6.07, 6.45) is 2.47. The minimum absolute atomic E-state index is 0.625. The fourth-order valence-corrected chi connectivity index (χ4v) is 2.74. The molecule has 0 radical (unpaired) electrons. The molecule has 94 valence electrons. The van der Waals surface area contributed by atoms with Gasteiger partial charge in [-0.1, -0.05) is 13.0 Å². The van der Waals surface area contributed by atoms with Gasteiger partial charge in [0.25, 0.3) is 0 Å². The van der Waals surface area contributed by atoms with Crippen molar-refractivity contribution in [2.24, 2.45) is 0 Å². The quantitative estimate of drug-likeness (QED) is 0.800. The second-order valence-electron chi connectivity index (χ2n) is 4.59. The molecule has 2 heterocycles. The largest absolute Gasteiger partial charge is 0.357 e. The molecule has 0 spiro atoms. The Kier molecular flexibility index (Phi) is 4.40. The lowest BCUT2D eigenvalue weighted by atomic mass is 10.0. The molecule has 0 bridgehead atoms. The Morgan fingerprint density at radius 2 is 2.12 bits per heavy atom. The van der Waals surface area contributed by atoms with Gasteiger partial charge in [-0.2, -0.15) is 0 Å². The first kappa shape index (κ1) is 12.8. The molecular formula is C13H20BrN3. The van der Waals surface area contributed by atoms with E-state index in [0.29, 0.717) is 6.04 Å². The molecule has 0 amide bonds. The molecule has 3 nitrogen and oxygen atoms in total. The Labute approximate surface area is 112 Å². The summed E-state index contributed by atoms with van der Waals surface area (Å²) in [5.41, 5.74) is 0. The van der Waals surface area contributed by atoms with Crippen LogP contribution in [0.1, 0.15) is 19.8 Å². The van der Waals surface area contributed by atoms with Crippen LogP contribution >= 0.6 is 15.9 Å². The summed E-state index contributed by atoms with van der Waals surface area (Å²) < 4.78 is 0.910. The molecule has 1 aliphatic rings. The smallest absolute Gasteiger partial charge is 0.129 e. The number of piperidine rings is 1. The normalized spacial score (nSPS) is 18.3. The van der Waals surface area contributed by atoms with Gasteiger partial charge in [0.1, 0.15) is 10.4 Å². The van der Waals surface area contributed by atoms with Crippen molar-refractivity contribution in [3.63, 3.8) is 0 Å². The van der Waals surface area contributed by atoms with Crippen molar-refractivity contribution in [2.75, 3.05) is 31.6 Å². The van der Waals surface area contributed by atoms with Gasteiger partial charge in [-0.3, -0.25) is 0 Å². The van der Waals surface area contributed by atoms with Gasteiger partial charge in [0.2, 0.25) is 0 Å². The van der Waals surface area contributed by atoms with E-state index < -0.39 is 0 Å². The van der Waals surface area contributed by atoms with Crippen LogP contribution in [-0.4, -0.2) is 42.6 Å². The van der Waals surface area contributed by atoms with Crippen molar-refractivity contribution in [3.8, 4) is 0 Å². The van der Waals surface area contributed by atoms with Gasteiger partial charge in [0.15, 0.2) is 0 Å². The van der Waals surface area contributed by atoms with E-state index in [-0.39, 0.29) is 0 Å². The summed E-state index contributed by atoms with van der Waals surface area (Å²) in [5, 5.41) is 0. The third kappa shape index (κ3) is 3.19. The summed E-state index contributed by atoms with van der Waals surface area (Å²) in [7, 11) is 2.15. The number of hydrogen-bond acceptors (Lipinski definition) is 3. The topological polar surface area (TPSA) is 19.4 Å². The summed E-state index contributed by atoms with van der Waals surface area (Å²) in [5.74, 6) is 1.06. The number of rotatable bonds is 3. The van der Waals surface area contributed by atoms with Gasteiger partial charge >= 0.3 is 0 Å². The first-order valence-electron chi connectivity index (χ1n) is 6.28. The maximum absolute atomic E-state index is 4.52. The number of halogens is 1. The third-order valence-electron chi connectivity index (χ3n) is 3.61. The lowest BCUT2D eigenvalue weighted by Crippen LogP contribution is -2.43. The van der Waals surface area contributed by atoms with Crippen molar-refractivity contribution >= 4 is 21.7 Å². The van der Waals surface area contributed by atoms with Crippen molar-refractivity contribution in [2.45, 2.75) is 25.8 Å². The summed E-state index contributed by atoms with van der Waals surface area (Å²) >= 11 is 3.43. The molecule has 0 aliphatic carbocycles. The molecule has 0 aromatic carbocycles. The molecule has 4 heteroatoms. The van der Waals surface area contributed by atoms with Crippen molar-refractivity contribution in [1.29, 1.82) is 0 Å². The second kappa shape index (κ2) is 5.83. The lowest BCUT2D eigenvalue weighted by Gasteiger charge is -2.36. The van der Waals surface area contributed by atoms with Crippen LogP contribution in [0.25, 0.3) is 0 Å². The van der Waals surface area contributed by atoms with Gasteiger partial charge in [0, 0.05) is 26.2 Å². The summed E-state index contributed by atoms with van der Waals surface area (Å²) in [4.78, 5) is 9.35. The minimum atomic E-state index is 0.625. The number of anilines is 1. The highest BCUT2D eigenvalue weighted by Crippen LogP contribution is 2.21. The highest BCUT2D eigenvalue weighted by Gasteiger charge is 2.22. The van der Waals surface area contributed by atoms with Gasteiger partial charge < -0.3 is 9.80 Å². The zero-order chi connectivity index (χ0) is 12.3. The molecule has 1 aromatic heterocycles. The first-order chi connectivity index (χ1) is 8.20. The summed E-state index contributed by atoms with van der Waals surface area (Å²) in [6, 6.07) is 6.72. The fraction of sp³-hybridized carbons (Fsp3) is 0.615. The zero-order valence-corrected chi connectivity index (χ0v) is 12.2. The number of aromatic nitrogens is 1. The molecule has 1 saturated heterocycles. The van der Waals surface area contributed by atoms with Gasteiger partial charge in [-0.05, 0) is 47.4 Å². The minimum Gasteiger partial charge on any atom is -0.357 e. The fourth-order valence-electron chi connectivity index (χ4n) is 2.40. The zero-order valence-electron chi connectivity index (χ0n) is 10.6. The van der Waals surface area contributed by atoms with E-state index in [1.165, 1.54) is 32.5 Å². The predicted molar refractivity (Wildman–Crippen MR) is 75.5 cm³/mol. The van der Waals surface area contributed by atoms with Gasteiger partial charge in [-0.25, -0.2) is 4.98 Å². The van der Waals surface area contributed by atoms with Crippen molar-refractivity contribution in [1.82, 2.24) is 9.88 Å². The van der Waals surface area contributed by atoms with Gasteiger partial charge in [-0.15, -0.1) is 0 Å². The van der Waals surface area contributed by atoms with Crippen LogP contribution in [0.15, 0.2) is 22.8 Å². The molecule has 0 N–H and O–H groups in total. The molecule has 17 heavy (non-hydrogen) atoms. The molecule has 2 rings (SSSR count). The van der Waals surface area contributed by atoms with Crippen LogP contribution in [0.2, 0.25) is 0 Å². The molecule has 1 fully saturated rings.